The molecule has 0 atom stereocenters. The van der Waals surface area contributed by atoms with Crippen LogP contribution >= 0.6 is 0 Å². The minimum absolute atomic E-state index is 1.00. The van der Waals surface area contributed by atoms with E-state index in [-0.39, 0.29) is 0 Å². The molecule has 382 valence electrons. The quantitative estimate of drug-likeness (QED) is 0.0589. The van der Waals surface area contributed by atoms with Crippen LogP contribution in [0.4, 0.5) is 34.1 Å². The molecular formula is C74H76N2. The summed E-state index contributed by atoms with van der Waals surface area (Å²) in [7, 11) is 0. The van der Waals surface area contributed by atoms with Crippen LogP contribution in [0.3, 0.4) is 0 Å². The Morgan fingerprint density at radius 2 is 0.566 bits per heavy atom. The van der Waals surface area contributed by atoms with Crippen molar-refractivity contribution in [2.24, 2.45) is 0 Å². The zero-order chi connectivity index (χ0) is 52.1. The van der Waals surface area contributed by atoms with Gasteiger partial charge in [-0.25, -0.2) is 0 Å². The van der Waals surface area contributed by atoms with E-state index in [1.54, 1.807) is 0 Å². The molecule has 0 spiro atoms. The highest BCUT2D eigenvalue weighted by molar-refractivity contribution is 6.15. The highest BCUT2D eigenvalue weighted by atomic mass is 15.1. The number of benzene rings is 10. The molecule has 0 aliphatic carbocycles. The molecule has 0 bridgehead atoms. The molecule has 0 saturated heterocycles. The Morgan fingerprint density at radius 1 is 0.276 bits per heavy atom. The van der Waals surface area contributed by atoms with Crippen LogP contribution in [0.2, 0.25) is 0 Å². The normalized spacial score (nSPS) is 11.4. The zero-order valence-corrected chi connectivity index (χ0v) is 45.6. The van der Waals surface area contributed by atoms with E-state index in [0.29, 0.717) is 0 Å². The van der Waals surface area contributed by atoms with Crippen molar-refractivity contribution in [2.45, 2.75) is 118 Å². The Hall–Kier alpha value is -7.68. The molecule has 2 heteroatoms. The third kappa shape index (κ3) is 11.9. The first-order valence-electron chi connectivity index (χ1n) is 28.6. The van der Waals surface area contributed by atoms with Crippen LogP contribution in [-0.2, 0) is 12.8 Å². The Balaban J connectivity index is 1.20. The van der Waals surface area contributed by atoms with E-state index in [4.69, 9.17) is 0 Å². The van der Waals surface area contributed by atoms with E-state index >= 15 is 0 Å². The standard InChI is InChI=1S/C74H76N2/c1-5-7-9-11-13-17-31-61-53-71(75(63-45-37-55(3)38-46-63)65-49-41-59(42-50-65)57-27-19-15-20-28-57)67-33-23-25-35-69(67)73(61)74-62(32-18-14-12-10-8-6-2)54-72(68-34-24-26-36-70(68)74)76(64-47-39-56(4)40-48-64)66-51-43-60(44-52-66)58-29-21-16-22-30-58/h15-16,19-30,33-54H,5-14,17-18,31-32H2,1-4H3. The Labute approximate surface area is 454 Å². The second kappa shape index (κ2) is 25.2. The first-order chi connectivity index (χ1) is 37.5. The molecule has 10 aromatic rings. The van der Waals surface area contributed by atoms with Crippen LogP contribution in [0.1, 0.15) is 113 Å². The Kier molecular flexibility index (Phi) is 17.2. The summed E-state index contributed by atoms with van der Waals surface area (Å²) in [4.78, 5) is 5.04. The number of fused-ring (bicyclic) bond motifs is 2. The number of nitrogens with zero attached hydrogens (tertiary/aromatic N) is 2. The molecule has 0 amide bonds. The second-order valence-electron chi connectivity index (χ2n) is 21.2. The van der Waals surface area contributed by atoms with Gasteiger partial charge < -0.3 is 9.80 Å². The lowest BCUT2D eigenvalue weighted by Crippen LogP contribution is -2.13. The number of anilines is 6. The third-order valence-corrected chi connectivity index (χ3v) is 15.6. The van der Waals surface area contributed by atoms with Crippen LogP contribution in [0, 0.1) is 13.8 Å². The fraction of sp³-hybridized carbons (Fsp3) is 0.243. The second-order valence-corrected chi connectivity index (χ2v) is 21.2. The molecule has 0 aliphatic heterocycles. The molecule has 10 aromatic carbocycles. The molecule has 0 unspecified atom stereocenters. The van der Waals surface area contributed by atoms with Gasteiger partial charge in [-0.1, -0.05) is 247 Å². The molecule has 0 saturated carbocycles. The predicted molar refractivity (Wildman–Crippen MR) is 331 cm³/mol. The lowest BCUT2D eigenvalue weighted by atomic mass is 9.83. The van der Waals surface area contributed by atoms with Gasteiger partial charge >= 0.3 is 0 Å². The van der Waals surface area contributed by atoms with Gasteiger partial charge in [0.15, 0.2) is 0 Å². The first kappa shape index (κ1) is 51.8. The van der Waals surface area contributed by atoms with E-state index in [2.05, 4.69) is 256 Å². The SMILES string of the molecule is CCCCCCCCc1cc(N(c2ccc(C)cc2)c2ccc(-c3ccccc3)cc2)c2ccccc2c1-c1c(CCCCCCCC)cc(N(c2ccc(C)cc2)c2ccc(-c3ccccc3)cc2)c2ccccc12. The Morgan fingerprint density at radius 3 is 0.921 bits per heavy atom. The summed E-state index contributed by atoms with van der Waals surface area (Å²) in [5, 5.41) is 5.15. The average Bonchev–Trinajstić information content (AvgIpc) is 3.47. The van der Waals surface area contributed by atoms with Gasteiger partial charge in [-0.15, -0.1) is 0 Å². The Bertz CT molecular complexity index is 3190. The van der Waals surface area contributed by atoms with Crippen LogP contribution in [-0.4, -0.2) is 0 Å². The van der Waals surface area contributed by atoms with Gasteiger partial charge in [0, 0.05) is 33.5 Å². The molecule has 0 radical (unpaired) electrons. The van der Waals surface area contributed by atoms with E-state index in [9.17, 15) is 0 Å². The topological polar surface area (TPSA) is 6.48 Å². The summed E-state index contributed by atoms with van der Waals surface area (Å²) in [6, 6.07) is 82.0. The van der Waals surface area contributed by atoms with Gasteiger partial charge in [0.2, 0.25) is 0 Å². The highest BCUT2D eigenvalue weighted by Crippen LogP contribution is 2.50. The van der Waals surface area contributed by atoms with Crippen LogP contribution in [0.25, 0.3) is 54.9 Å². The highest BCUT2D eigenvalue weighted by Gasteiger charge is 2.26. The van der Waals surface area contributed by atoms with E-state index in [0.717, 1.165) is 48.4 Å². The van der Waals surface area contributed by atoms with Gasteiger partial charge in [0.25, 0.3) is 0 Å². The predicted octanol–water partition coefficient (Wildman–Crippen LogP) is 22.4. The van der Waals surface area contributed by atoms with Crippen molar-refractivity contribution in [3.05, 3.63) is 241 Å². The monoisotopic (exact) mass is 993 g/mol. The largest absolute Gasteiger partial charge is 0.310 e. The van der Waals surface area contributed by atoms with E-state index in [1.165, 1.54) is 153 Å². The van der Waals surface area contributed by atoms with Crippen molar-refractivity contribution in [3.63, 3.8) is 0 Å². The smallest absolute Gasteiger partial charge is 0.0543 e. The molecule has 0 fully saturated rings. The van der Waals surface area contributed by atoms with Crippen molar-refractivity contribution in [2.75, 3.05) is 9.80 Å². The summed E-state index contributed by atoms with van der Waals surface area (Å²) >= 11 is 0. The molecular weight excluding hydrogens is 917 g/mol. The molecule has 10 rings (SSSR count). The van der Waals surface area contributed by atoms with Crippen molar-refractivity contribution < 1.29 is 0 Å². The molecule has 0 aromatic heterocycles. The van der Waals surface area contributed by atoms with Crippen molar-refractivity contribution in [1.29, 1.82) is 0 Å². The maximum absolute atomic E-state index is 2.60. The molecule has 0 aliphatic rings. The van der Waals surface area contributed by atoms with Crippen molar-refractivity contribution in [1.82, 2.24) is 0 Å². The zero-order valence-electron chi connectivity index (χ0n) is 45.6. The van der Waals surface area contributed by atoms with Gasteiger partial charge in [0.1, 0.15) is 0 Å². The lowest BCUT2D eigenvalue weighted by molar-refractivity contribution is 0.607. The summed E-state index contributed by atoms with van der Waals surface area (Å²) < 4.78 is 0. The minimum Gasteiger partial charge on any atom is -0.310 e. The number of unbranched alkanes of at least 4 members (excludes halogenated alkanes) is 10. The fourth-order valence-electron chi connectivity index (χ4n) is 11.5. The maximum atomic E-state index is 2.60. The first-order valence-corrected chi connectivity index (χ1v) is 28.6. The lowest BCUT2D eigenvalue weighted by Gasteiger charge is -2.31. The molecule has 0 N–H and O–H groups in total. The third-order valence-electron chi connectivity index (χ3n) is 15.6. The number of rotatable bonds is 23. The van der Waals surface area contributed by atoms with Crippen molar-refractivity contribution in [3.8, 4) is 33.4 Å². The van der Waals surface area contributed by atoms with Gasteiger partial charge in [-0.05, 0) is 155 Å². The summed E-state index contributed by atoms with van der Waals surface area (Å²) in [5.74, 6) is 0. The van der Waals surface area contributed by atoms with Crippen molar-refractivity contribution >= 4 is 55.7 Å². The van der Waals surface area contributed by atoms with Crippen LogP contribution in [0.15, 0.2) is 218 Å². The van der Waals surface area contributed by atoms with Gasteiger partial charge in [-0.2, -0.15) is 0 Å². The van der Waals surface area contributed by atoms with E-state index < -0.39 is 0 Å². The van der Waals surface area contributed by atoms with Crippen LogP contribution < -0.4 is 9.80 Å². The number of hydrogen-bond donors (Lipinski definition) is 0. The molecule has 0 heterocycles. The average molecular weight is 993 g/mol. The number of aryl methyl sites for hydroxylation is 4. The summed E-state index contributed by atoms with van der Waals surface area (Å²) in [5.41, 5.74) is 20.1. The van der Waals surface area contributed by atoms with Crippen LogP contribution in [0.5, 0.6) is 0 Å². The fourth-order valence-corrected chi connectivity index (χ4v) is 11.5. The van der Waals surface area contributed by atoms with E-state index in [1.807, 2.05) is 0 Å². The van der Waals surface area contributed by atoms with Gasteiger partial charge in [0.05, 0.1) is 11.4 Å². The van der Waals surface area contributed by atoms with Gasteiger partial charge in [-0.3, -0.25) is 0 Å². The minimum atomic E-state index is 1.00. The maximum Gasteiger partial charge on any atom is 0.0543 e. The summed E-state index contributed by atoms with van der Waals surface area (Å²) in [6.07, 6.45) is 17.0. The molecule has 2 nitrogen and oxygen atoms in total. The number of hydrogen-bond acceptors (Lipinski definition) is 2. The molecule has 76 heavy (non-hydrogen) atoms. The summed E-state index contributed by atoms with van der Waals surface area (Å²) in [6.45, 7) is 9.01.